The molecule has 0 N–H and O–H groups in total. The summed E-state index contributed by atoms with van der Waals surface area (Å²) < 4.78 is 14.7. The number of ether oxygens (including phenoxy) is 3. The Morgan fingerprint density at radius 2 is 1.75 bits per heavy atom. The van der Waals surface area contributed by atoms with E-state index in [0.29, 0.717) is 6.42 Å². The van der Waals surface area contributed by atoms with Gasteiger partial charge >= 0.3 is 5.97 Å². The van der Waals surface area contributed by atoms with Crippen LogP contribution in [0.4, 0.5) is 0 Å². The van der Waals surface area contributed by atoms with Gasteiger partial charge in [0.2, 0.25) is 0 Å². The van der Waals surface area contributed by atoms with Crippen molar-refractivity contribution in [1.29, 1.82) is 0 Å². The Bertz CT molecular complexity index is 132. The van der Waals surface area contributed by atoms with Gasteiger partial charge in [0.25, 0.3) is 0 Å². The van der Waals surface area contributed by atoms with Gasteiger partial charge in [-0.05, 0) is 6.42 Å². The maximum Gasteiger partial charge on any atom is 0.310 e. The average molecular weight is 176 g/mol. The molecule has 0 saturated carbocycles. The smallest absolute Gasteiger partial charge is 0.310 e. The summed E-state index contributed by atoms with van der Waals surface area (Å²) >= 11 is 0. The first-order valence-corrected chi connectivity index (χ1v) is 3.81. The summed E-state index contributed by atoms with van der Waals surface area (Å²) in [5, 5.41) is 0. The number of carbonyl (C=O) groups is 1. The minimum absolute atomic E-state index is 0.118. The van der Waals surface area contributed by atoms with Crippen LogP contribution in [0.1, 0.15) is 19.8 Å². The van der Waals surface area contributed by atoms with Crippen molar-refractivity contribution in [2.75, 3.05) is 21.3 Å². The molecule has 0 aromatic carbocycles. The van der Waals surface area contributed by atoms with E-state index in [9.17, 15) is 4.79 Å². The molecular formula is C8H16O4. The Morgan fingerprint density at radius 3 is 2.00 bits per heavy atom. The van der Waals surface area contributed by atoms with Crippen molar-refractivity contribution in [3.63, 3.8) is 0 Å². The van der Waals surface area contributed by atoms with Gasteiger partial charge in [0.1, 0.15) is 0 Å². The van der Waals surface area contributed by atoms with Crippen molar-refractivity contribution in [2.24, 2.45) is 0 Å². The molecule has 0 atom stereocenters. The molecule has 4 heteroatoms. The summed E-state index contributed by atoms with van der Waals surface area (Å²) in [5.41, 5.74) is 0. The van der Waals surface area contributed by atoms with Gasteiger partial charge in [0, 0.05) is 14.2 Å². The molecule has 0 heterocycles. The average Bonchev–Trinajstić information content (AvgIpc) is 2.14. The lowest BCUT2D eigenvalue weighted by molar-refractivity contribution is -0.217. The zero-order valence-electron chi connectivity index (χ0n) is 8.05. The topological polar surface area (TPSA) is 44.8 Å². The number of hydrogen-bond donors (Lipinski definition) is 0. The third kappa shape index (κ3) is 2.79. The molecule has 0 aromatic heterocycles. The lowest BCUT2D eigenvalue weighted by atomic mass is 10.1. The van der Waals surface area contributed by atoms with Gasteiger partial charge in [-0.25, -0.2) is 0 Å². The van der Waals surface area contributed by atoms with E-state index >= 15 is 0 Å². The third-order valence-electron chi connectivity index (χ3n) is 1.92. The Morgan fingerprint density at radius 1 is 1.25 bits per heavy atom. The minimum atomic E-state index is -0.826. The molecule has 0 aliphatic carbocycles. The molecular weight excluding hydrogens is 160 g/mol. The van der Waals surface area contributed by atoms with E-state index in [1.807, 2.05) is 6.92 Å². The van der Waals surface area contributed by atoms with Crippen LogP contribution in [0, 0.1) is 0 Å². The summed E-state index contributed by atoms with van der Waals surface area (Å²) in [4.78, 5) is 10.9. The van der Waals surface area contributed by atoms with E-state index in [0.717, 1.165) is 0 Å². The molecule has 0 aliphatic rings. The van der Waals surface area contributed by atoms with Crippen molar-refractivity contribution < 1.29 is 19.0 Å². The highest BCUT2D eigenvalue weighted by atomic mass is 16.7. The van der Waals surface area contributed by atoms with Crippen LogP contribution in [0.3, 0.4) is 0 Å². The van der Waals surface area contributed by atoms with Crippen LogP contribution < -0.4 is 0 Å². The van der Waals surface area contributed by atoms with Crippen LogP contribution in [0.2, 0.25) is 0 Å². The minimum Gasteiger partial charge on any atom is -0.469 e. The molecule has 0 aromatic rings. The zero-order chi connectivity index (χ0) is 9.61. The molecule has 0 unspecified atom stereocenters. The van der Waals surface area contributed by atoms with Crippen LogP contribution in [-0.2, 0) is 19.0 Å². The molecule has 0 rings (SSSR count). The van der Waals surface area contributed by atoms with Gasteiger partial charge in [-0.2, -0.15) is 0 Å². The molecule has 0 radical (unpaired) electrons. The first-order valence-electron chi connectivity index (χ1n) is 3.81. The second-order valence-electron chi connectivity index (χ2n) is 2.43. The maximum absolute atomic E-state index is 10.9. The first kappa shape index (κ1) is 11.4. The Hall–Kier alpha value is -0.610. The predicted octanol–water partition coefficient (Wildman–Crippen LogP) is 0.949. The highest BCUT2D eigenvalue weighted by molar-refractivity contribution is 5.70. The molecule has 0 spiro atoms. The monoisotopic (exact) mass is 176 g/mol. The summed E-state index contributed by atoms with van der Waals surface area (Å²) in [6.45, 7) is 1.88. The van der Waals surface area contributed by atoms with Crippen LogP contribution in [-0.4, -0.2) is 33.1 Å². The molecule has 0 fully saturated rings. The van der Waals surface area contributed by atoms with Gasteiger partial charge in [-0.1, -0.05) is 6.92 Å². The number of carbonyl (C=O) groups excluding carboxylic acids is 1. The quantitative estimate of drug-likeness (QED) is 0.462. The van der Waals surface area contributed by atoms with E-state index in [2.05, 4.69) is 4.74 Å². The molecule has 12 heavy (non-hydrogen) atoms. The summed E-state index contributed by atoms with van der Waals surface area (Å²) in [7, 11) is 4.36. The molecule has 72 valence electrons. The summed E-state index contributed by atoms with van der Waals surface area (Å²) in [6, 6.07) is 0. The lowest BCUT2D eigenvalue weighted by Crippen LogP contribution is -2.35. The van der Waals surface area contributed by atoms with Crippen LogP contribution in [0.5, 0.6) is 0 Å². The Kier molecular flexibility index (Phi) is 4.85. The van der Waals surface area contributed by atoms with Gasteiger partial charge in [0.15, 0.2) is 5.79 Å². The Balaban J connectivity index is 4.19. The SMILES string of the molecule is CCC(CC(=O)OC)(OC)OC. The van der Waals surface area contributed by atoms with Crippen LogP contribution in [0.25, 0.3) is 0 Å². The second kappa shape index (κ2) is 5.11. The first-order chi connectivity index (χ1) is 5.64. The molecule has 0 aliphatic heterocycles. The maximum atomic E-state index is 10.9. The van der Waals surface area contributed by atoms with Crippen molar-refractivity contribution in [3.8, 4) is 0 Å². The fourth-order valence-electron chi connectivity index (χ4n) is 0.933. The van der Waals surface area contributed by atoms with Crippen molar-refractivity contribution in [2.45, 2.75) is 25.6 Å². The molecule has 0 bridgehead atoms. The normalized spacial score (nSPS) is 11.3. The molecule has 0 amide bonds. The highest BCUT2D eigenvalue weighted by Crippen LogP contribution is 2.20. The fraction of sp³-hybridized carbons (Fsp3) is 0.875. The van der Waals surface area contributed by atoms with Gasteiger partial charge < -0.3 is 14.2 Å². The van der Waals surface area contributed by atoms with Crippen molar-refractivity contribution in [1.82, 2.24) is 0 Å². The van der Waals surface area contributed by atoms with Gasteiger partial charge in [-0.3, -0.25) is 4.79 Å². The Labute approximate surface area is 72.8 Å². The highest BCUT2D eigenvalue weighted by Gasteiger charge is 2.30. The van der Waals surface area contributed by atoms with E-state index in [1.54, 1.807) is 0 Å². The summed E-state index contributed by atoms with van der Waals surface area (Å²) in [5.74, 6) is -1.16. The van der Waals surface area contributed by atoms with Crippen molar-refractivity contribution >= 4 is 5.97 Å². The lowest BCUT2D eigenvalue weighted by Gasteiger charge is -2.28. The second-order valence-corrected chi connectivity index (χ2v) is 2.43. The standard InChI is InChI=1S/C8H16O4/c1-5-8(11-3,12-4)6-7(9)10-2/h5-6H2,1-4H3. The van der Waals surface area contributed by atoms with Gasteiger partial charge in [0.05, 0.1) is 13.5 Å². The van der Waals surface area contributed by atoms with Gasteiger partial charge in [-0.15, -0.1) is 0 Å². The molecule has 0 saturated heterocycles. The van der Waals surface area contributed by atoms with E-state index in [-0.39, 0.29) is 12.4 Å². The molecule has 4 nitrogen and oxygen atoms in total. The zero-order valence-corrected chi connectivity index (χ0v) is 8.05. The van der Waals surface area contributed by atoms with E-state index in [1.165, 1.54) is 21.3 Å². The van der Waals surface area contributed by atoms with E-state index in [4.69, 9.17) is 9.47 Å². The third-order valence-corrected chi connectivity index (χ3v) is 1.92. The fourth-order valence-corrected chi connectivity index (χ4v) is 0.933. The van der Waals surface area contributed by atoms with E-state index < -0.39 is 5.79 Å². The number of hydrogen-bond acceptors (Lipinski definition) is 4. The van der Waals surface area contributed by atoms with Crippen LogP contribution >= 0.6 is 0 Å². The van der Waals surface area contributed by atoms with Crippen LogP contribution in [0.15, 0.2) is 0 Å². The largest absolute Gasteiger partial charge is 0.469 e. The summed E-state index contributed by atoms with van der Waals surface area (Å²) in [6.07, 6.45) is 0.724. The number of methoxy groups -OCH3 is 3. The van der Waals surface area contributed by atoms with Crippen molar-refractivity contribution in [3.05, 3.63) is 0 Å². The number of rotatable bonds is 5. The number of esters is 1. The predicted molar refractivity (Wildman–Crippen MR) is 43.7 cm³/mol.